The zero-order valence-electron chi connectivity index (χ0n) is 19.0. The Morgan fingerprint density at radius 2 is 1.91 bits per heavy atom. The Balaban J connectivity index is 0.00000289. The Kier molecular flexibility index (Phi) is 9.02. The molecule has 2 aliphatic rings. The Bertz CT molecular complexity index is 909. The van der Waals surface area contributed by atoms with Crippen LogP contribution >= 0.6 is 35.6 Å². The van der Waals surface area contributed by atoms with Gasteiger partial charge in [0.15, 0.2) is 5.96 Å². The molecule has 0 bridgehead atoms. The summed E-state index contributed by atoms with van der Waals surface area (Å²) in [6.07, 6.45) is 4.26. The van der Waals surface area contributed by atoms with Gasteiger partial charge in [-0.2, -0.15) is 0 Å². The van der Waals surface area contributed by atoms with Crippen molar-refractivity contribution in [3.8, 4) is 0 Å². The van der Waals surface area contributed by atoms with Crippen molar-refractivity contribution in [1.82, 2.24) is 20.5 Å². The van der Waals surface area contributed by atoms with E-state index in [0.29, 0.717) is 6.54 Å². The van der Waals surface area contributed by atoms with Crippen LogP contribution in [0.5, 0.6) is 0 Å². The van der Waals surface area contributed by atoms with Gasteiger partial charge in [-0.05, 0) is 54.8 Å². The van der Waals surface area contributed by atoms with Gasteiger partial charge in [-0.15, -0.1) is 24.0 Å². The van der Waals surface area contributed by atoms with Crippen molar-refractivity contribution < 1.29 is 0 Å². The van der Waals surface area contributed by atoms with Crippen molar-refractivity contribution in [2.75, 3.05) is 51.2 Å². The standard InChI is InChI=1S/C24H33ClN6.HI/c1-3-30-11-13-31(14-12-30)22-15-19(7-10-27-22)17-28-23(26-2)29-18-24(8-9-24)20-5-4-6-21(25)16-20;/h4-7,10,15-16H,3,8-9,11-14,17-18H2,1-2H3,(H2,26,28,29);1H. The number of anilines is 1. The number of pyridine rings is 1. The van der Waals surface area contributed by atoms with E-state index in [-0.39, 0.29) is 29.4 Å². The summed E-state index contributed by atoms with van der Waals surface area (Å²) in [5.41, 5.74) is 2.69. The first kappa shape index (κ1) is 25.1. The van der Waals surface area contributed by atoms with Crippen molar-refractivity contribution in [3.63, 3.8) is 0 Å². The number of likely N-dealkylation sites (N-methyl/N-ethyl adjacent to an activating group) is 1. The number of nitrogens with one attached hydrogen (secondary N) is 2. The number of aliphatic imine (C=N–C) groups is 1. The van der Waals surface area contributed by atoms with Gasteiger partial charge in [-0.3, -0.25) is 4.99 Å². The Morgan fingerprint density at radius 1 is 1.12 bits per heavy atom. The van der Waals surface area contributed by atoms with Crippen molar-refractivity contribution in [2.24, 2.45) is 4.99 Å². The van der Waals surface area contributed by atoms with E-state index in [9.17, 15) is 0 Å². The molecule has 2 aromatic rings. The minimum atomic E-state index is 0. The third kappa shape index (κ3) is 6.26. The average Bonchev–Trinajstić information content (AvgIpc) is 3.61. The highest BCUT2D eigenvalue weighted by Gasteiger charge is 2.44. The molecule has 32 heavy (non-hydrogen) atoms. The van der Waals surface area contributed by atoms with Gasteiger partial charge in [0.25, 0.3) is 0 Å². The van der Waals surface area contributed by atoms with Gasteiger partial charge in [-0.1, -0.05) is 30.7 Å². The van der Waals surface area contributed by atoms with Crippen LogP contribution in [-0.4, -0.2) is 62.2 Å². The lowest BCUT2D eigenvalue weighted by molar-refractivity contribution is 0.270. The first-order chi connectivity index (χ1) is 15.1. The zero-order chi connectivity index (χ0) is 21.7. The maximum absolute atomic E-state index is 6.20. The average molecular weight is 569 g/mol. The highest BCUT2D eigenvalue weighted by molar-refractivity contribution is 14.0. The molecule has 0 spiro atoms. The van der Waals surface area contributed by atoms with Crippen LogP contribution in [0.4, 0.5) is 5.82 Å². The predicted molar refractivity (Wildman–Crippen MR) is 145 cm³/mol. The number of hydrogen-bond donors (Lipinski definition) is 2. The molecule has 174 valence electrons. The maximum Gasteiger partial charge on any atom is 0.191 e. The number of guanidine groups is 1. The topological polar surface area (TPSA) is 55.8 Å². The first-order valence-corrected chi connectivity index (χ1v) is 11.6. The second-order valence-corrected chi connectivity index (χ2v) is 8.95. The van der Waals surface area contributed by atoms with Crippen LogP contribution in [-0.2, 0) is 12.0 Å². The number of nitrogens with zero attached hydrogens (tertiary/aromatic N) is 4. The fourth-order valence-electron chi connectivity index (χ4n) is 4.23. The molecule has 1 aliphatic carbocycles. The van der Waals surface area contributed by atoms with E-state index in [1.54, 1.807) is 0 Å². The predicted octanol–water partition coefficient (Wildman–Crippen LogP) is 3.89. The molecule has 2 fully saturated rings. The van der Waals surface area contributed by atoms with Crippen LogP contribution in [0.25, 0.3) is 0 Å². The van der Waals surface area contributed by atoms with E-state index in [0.717, 1.165) is 56.1 Å². The van der Waals surface area contributed by atoms with Crippen LogP contribution in [0.2, 0.25) is 5.02 Å². The number of halogens is 2. The summed E-state index contributed by atoms with van der Waals surface area (Å²) < 4.78 is 0. The fraction of sp³-hybridized carbons (Fsp3) is 0.500. The molecule has 0 radical (unpaired) electrons. The van der Waals surface area contributed by atoms with Gasteiger partial charge in [0.05, 0.1) is 0 Å². The second kappa shape index (κ2) is 11.5. The summed E-state index contributed by atoms with van der Waals surface area (Å²) in [6.45, 7) is 9.19. The van der Waals surface area contributed by atoms with E-state index < -0.39 is 0 Å². The number of benzene rings is 1. The summed E-state index contributed by atoms with van der Waals surface area (Å²) in [4.78, 5) is 13.9. The van der Waals surface area contributed by atoms with Crippen LogP contribution in [0, 0.1) is 0 Å². The summed E-state index contributed by atoms with van der Waals surface area (Å²) in [5.74, 6) is 1.89. The van der Waals surface area contributed by atoms with Gasteiger partial charge in [0.2, 0.25) is 0 Å². The summed E-state index contributed by atoms with van der Waals surface area (Å²) >= 11 is 6.20. The molecule has 1 aromatic heterocycles. The van der Waals surface area contributed by atoms with E-state index in [2.05, 4.69) is 61.6 Å². The molecule has 0 atom stereocenters. The summed E-state index contributed by atoms with van der Waals surface area (Å²) in [6, 6.07) is 12.5. The molecule has 1 saturated heterocycles. The van der Waals surface area contributed by atoms with Crippen molar-refractivity contribution in [3.05, 3.63) is 58.7 Å². The highest BCUT2D eigenvalue weighted by Crippen LogP contribution is 2.48. The number of rotatable bonds is 7. The first-order valence-electron chi connectivity index (χ1n) is 11.2. The van der Waals surface area contributed by atoms with Gasteiger partial charge < -0.3 is 20.4 Å². The lowest BCUT2D eigenvalue weighted by Gasteiger charge is -2.34. The summed E-state index contributed by atoms with van der Waals surface area (Å²) in [5, 5.41) is 7.77. The molecule has 2 heterocycles. The number of piperazine rings is 1. The third-order valence-electron chi connectivity index (χ3n) is 6.52. The molecule has 0 unspecified atom stereocenters. The monoisotopic (exact) mass is 568 g/mol. The molecular weight excluding hydrogens is 535 g/mol. The molecule has 4 rings (SSSR count). The molecule has 1 aliphatic heterocycles. The second-order valence-electron chi connectivity index (χ2n) is 8.51. The van der Waals surface area contributed by atoms with Gasteiger partial charge in [0.1, 0.15) is 5.82 Å². The van der Waals surface area contributed by atoms with Crippen molar-refractivity contribution >= 4 is 47.4 Å². The summed E-state index contributed by atoms with van der Waals surface area (Å²) in [7, 11) is 1.82. The quantitative estimate of drug-likeness (QED) is 0.302. The minimum Gasteiger partial charge on any atom is -0.356 e. The highest BCUT2D eigenvalue weighted by atomic mass is 127. The van der Waals surface area contributed by atoms with E-state index >= 15 is 0 Å². The van der Waals surface area contributed by atoms with E-state index in [1.807, 2.05) is 25.4 Å². The van der Waals surface area contributed by atoms with Crippen molar-refractivity contribution in [1.29, 1.82) is 0 Å². The normalized spacial score (nSPS) is 18.1. The van der Waals surface area contributed by atoms with Gasteiger partial charge >= 0.3 is 0 Å². The van der Waals surface area contributed by atoms with Crippen LogP contribution in [0.15, 0.2) is 47.6 Å². The molecule has 0 amide bonds. The van der Waals surface area contributed by atoms with E-state index in [1.165, 1.54) is 24.0 Å². The molecule has 6 nitrogen and oxygen atoms in total. The molecule has 2 N–H and O–H groups in total. The Morgan fingerprint density at radius 3 is 2.56 bits per heavy atom. The third-order valence-corrected chi connectivity index (χ3v) is 6.76. The number of aromatic nitrogens is 1. The smallest absolute Gasteiger partial charge is 0.191 e. The van der Waals surface area contributed by atoms with Crippen LogP contribution in [0.1, 0.15) is 30.9 Å². The lowest BCUT2D eigenvalue weighted by atomic mass is 9.96. The zero-order valence-corrected chi connectivity index (χ0v) is 22.1. The number of hydrogen-bond acceptors (Lipinski definition) is 4. The largest absolute Gasteiger partial charge is 0.356 e. The fourth-order valence-corrected chi connectivity index (χ4v) is 4.42. The van der Waals surface area contributed by atoms with Gasteiger partial charge in [0, 0.05) is 63.0 Å². The Hall–Kier alpha value is -1.58. The van der Waals surface area contributed by atoms with Crippen molar-refractivity contribution in [2.45, 2.75) is 31.7 Å². The molecule has 1 saturated carbocycles. The molecular formula is C24H34ClIN6. The lowest BCUT2D eigenvalue weighted by Crippen LogP contribution is -2.46. The Labute approximate surface area is 213 Å². The minimum absolute atomic E-state index is 0. The van der Waals surface area contributed by atoms with Crippen LogP contribution < -0.4 is 15.5 Å². The van der Waals surface area contributed by atoms with E-state index in [4.69, 9.17) is 11.6 Å². The van der Waals surface area contributed by atoms with Crippen LogP contribution in [0.3, 0.4) is 0 Å². The SMILES string of the molecule is CCN1CCN(c2cc(CNC(=NC)NCC3(c4cccc(Cl)c4)CC3)ccn2)CC1.I. The molecule has 1 aromatic carbocycles. The van der Waals surface area contributed by atoms with Gasteiger partial charge in [-0.25, -0.2) is 4.98 Å². The molecule has 8 heteroatoms. The maximum atomic E-state index is 6.20.